The molecular weight excluding hydrogens is 475 g/mol. The first-order valence-electron chi connectivity index (χ1n) is 7.41. The highest BCUT2D eigenvalue weighted by Gasteiger charge is 2.29. The standard InChI is InChI=1S/C17H18ClIN2O3S/c1-11-10-14(19)6-9-16(11)20-17(22)12(2)21(25(3,23)24)15-7-4-13(18)5-8-15/h4-10,12H,1-3H3,(H,20,22)/t12-/m0/s1. The van der Waals surface area contributed by atoms with Crippen molar-refractivity contribution in [2.45, 2.75) is 19.9 Å². The van der Waals surface area contributed by atoms with E-state index in [9.17, 15) is 13.2 Å². The van der Waals surface area contributed by atoms with Gasteiger partial charge in [-0.1, -0.05) is 11.6 Å². The molecule has 0 fully saturated rings. The molecule has 0 aromatic heterocycles. The minimum atomic E-state index is -3.66. The molecule has 1 N–H and O–H groups in total. The summed E-state index contributed by atoms with van der Waals surface area (Å²) >= 11 is 8.05. The molecule has 0 unspecified atom stereocenters. The Morgan fingerprint density at radius 2 is 1.80 bits per heavy atom. The van der Waals surface area contributed by atoms with Crippen molar-refractivity contribution >= 4 is 61.5 Å². The second-order valence-corrected chi connectivity index (χ2v) is 9.20. The van der Waals surface area contributed by atoms with Crippen molar-refractivity contribution in [1.29, 1.82) is 0 Å². The third kappa shape index (κ3) is 5.08. The van der Waals surface area contributed by atoms with Crippen LogP contribution in [-0.4, -0.2) is 26.6 Å². The van der Waals surface area contributed by atoms with Crippen molar-refractivity contribution in [2.24, 2.45) is 0 Å². The smallest absolute Gasteiger partial charge is 0.248 e. The van der Waals surface area contributed by atoms with E-state index in [0.29, 0.717) is 16.4 Å². The summed E-state index contributed by atoms with van der Waals surface area (Å²) in [7, 11) is -3.66. The summed E-state index contributed by atoms with van der Waals surface area (Å²) in [6.45, 7) is 3.43. The molecule has 1 amide bonds. The predicted octanol–water partition coefficient (Wildman–Crippen LogP) is 4.05. The Balaban J connectivity index is 2.31. The average molecular weight is 493 g/mol. The van der Waals surface area contributed by atoms with Crippen molar-refractivity contribution in [1.82, 2.24) is 0 Å². The number of aryl methyl sites for hydroxylation is 1. The zero-order chi connectivity index (χ0) is 18.8. The van der Waals surface area contributed by atoms with E-state index in [1.54, 1.807) is 37.3 Å². The van der Waals surface area contributed by atoms with Crippen molar-refractivity contribution in [3.63, 3.8) is 0 Å². The second-order valence-electron chi connectivity index (χ2n) is 5.66. The number of hydrogen-bond acceptors (Lipinski definition) is 3. The molecular formula is C17H18ClIN2O3S. The van der Waals surface area contributed by atoms with Gasteiger partial charge in [-0.25, -0.2) is 8.42 Å². The number of amides is 1. The fraction of sp³-hybridized carbons (Fsp3) is 0.235. The van der Waals surface area contributed by atoms with Gasteiger partial charge in [-0.05, 0) is 84.5 Å². The van der Waals surface area contributed by atoms with Crippen LogP contribution in [0.4, 0.5) is 11.4 Å². The normalized spacial score (nSPS) is 12.5. The van der Waals surface area contributed by atoms with Crippen molar-refractivity contribution in [3.8, 4) is 0 Å². The maximum atomic E-state index is 12.6. The predicted molar refractivity (Wildman–Crippen MR) is 111 cm³/mol. The minimum absolute atomic E-state index is 0.383. The molecule has 134 valence electrons. The third-order valence-electron chi connectivity index (χ3n) is 3.62. The van der Waals surface area contributed by atoms with Gasteiger partial charge in [0.2, 0.25) is 15.9 Å². The zero-order valence-electron chi connectivity index (χ0n) is 14.0. The topological polar surface area (TPSA) is 66.5 Å². The number of rotatable bonds is 5. The van der Waals surface area contributed by atoms with Crippen molar-refractivity contribution < 1.29 is 13.2 Å². The van der Waals surface area contributed by atoms with Crippen LogP contribution in [0.25, 0.3) is 0 Å². The summed E-state index contributed by atoms with van der Waals surface area (Å²) in [5.41, 5.74) is 1.94. The number of hydrogen-bond donors (Lipinski definition) is 1. The molecule has 0 aliphatic rings. The number of halogens is 2. The number of carbonyl (C=O) groups excluding carboxylic acids is 1. The Kier molecular flexibility index (Phi) is 6.34. The summed E-state index contributed by atoms with van der Waals surface area (Å²) in [6, 6.07) is 11.0. The van der Waals surface area contributed by atoms with Crippen LogP contribution < -0.4 is 9.62 Å². The Bertz CT molecular complexity index is 885. The molecule has 0 radical (unpaired) electrons. The average Bonchev–Trinajstić information content (AvgIpc) is 2.50. The highest BCUT2D eigenvalue weighted by Crippen LogP contribution is 2.24. The van der Waals surface area contributed by atoms with Gasteiger partial charge in [0.25, 0.3) is 0 Å². The fourth-order valence-corrected chi connectivity index (χ4v) is 4.35. The van der Waals surface area contributed by atoms with Gasteiger partial charge in [-0.3, -0.25) is 9.10 Å². The third-order valence-corrected chi connectivity index (χ3v) is 5.78. The number of nitrogens with one attached hydrogen (secondary N) is 1. The Morgan fingerprint density at radius 1 is 1.20 bits per heavy atom. The van der Waals surface area contributed by atoms with Crippen LogP contribution in [0.15, 0.2) is 42.5 Å². The highest BCUT2D eigenvalue weighted by molar-refractivity contribution is 14.1. The Hall–Kier alpha value is -1.32. The van der Waals surface area contributed by atoms with Crippen LogP contribution in [0.3, 0.4) is 0 Å². The van der Waals surface area contributed by atoms with Crippen LogP contribution in [-0.2, 0) is 14.8 Å². The lowest BCUT2D eigenvalue weighted by Gasteiger charge is -2.28. The zero-order valence-corrected chi connectivity index (χ0v) is 17.7. The van der Waals surface area contributed by atoms with Crippen LogP contribution in [0, 0.1) is 10.5 Å². The van der Waals surface area contributed by atoms with Gasteiger partial charge in [-0.2, -0.15) is 0 Å². The largest absolute Gasteiger partial charge is 0.324 e. The van der Waals surface area contributed by atoms with Crippen molar-refractivity contribution in [2.75, 3.05) is 15.9 Å². The summed E-state index contributed by atoms with van der Waals surface area (Å²) in [5.74, 6) is -0.412. The summed E-state index contributed by atoms with van der Waals surface area (Å²) in [6.07, 6.45) is 1.07. The molecule has 0 aliphatic heterocycles. The first-order valence-corrected chi connectivity index (χ1v) is 10.7. The van der Waals surface area contributed by atoms with Crippen molar-refractivity contribution in [3.05, 3.63) is 56.6 Å². The van der Waals surface area contributed by atoms with Gasteiger partial charge in [0, 0.05) is 14.3 Å². The molecule has 2 aromatic carbocycles. The number of sulfonamides is 1. The maximum absolute atomic E-state index is 12.6. The molecule has 0 bridgehead atoms. The van der Waals surface area contributed by atoms with E-state index in [0.717, 1.165) is 19.7 Å². The molecule has 2 aromatic rings. The maximum Gasteiger partial charge on any atom is 0.248 e. The van der Waals surface area contributed by atoms with E-state index in [2.05, 4.69) is 27.9 Å². The lowest BCUT2D eigenvalue weighted by Crippen LogP contribution is -2.45. The first kappa shape index (κ1) is 20.0. The number of anilines is 2. The fourth-order valence-electron chi connectivity index (χ4n) is 2.40. The van der Waals surface area contributed by atoms with Crippen LogP contribution >= 0.6 is 34.2 Å². The number of nitrogens with zero attached hydrogens (tertiary/aromatic N) is 1. The van der Waals surface area contributed by atoms with E-state index in [1.165, 1.54) is 0 Å². The molecule has 0 saturated carbocycles. The number of carbonyl (C=O) groups is 1. The summed E-state index contributed by atoms with van der Waals surface area (Å²) < 4.78 is 26.6. The lowest BCUT2D eigenvalue weighted by atomic mass is 10.2. The van der Waals surface area contributed by atoms with E-state index >= 15 is 0 Å². The Labute approximate surface area is 166 Å². The van der Waals surface area contributed by atoms with E-state index in [-0.39, 0.29) is 0 Å². The minimum Gasteiger partial charge on any atom is -0.324 e. The molecule has 0 saturated heterocycles. The van der Waals surface area contributed by atoms with E-state index in [4.69, 9.17) is 11.6 Å². The quantitative estimate of drug-likeness (QED) is 0.641. The molecule has 0 aliphatic carbocycles. The first-order chi connectivity index (χ1) is 11.6. The van der Waals surface area contributed by atoms with E-state index < -0.39 is 22.0 Å². The molecule has 1 atom stereocenters. The van der Waals surface area contributed by atoms with Gasteiger partial charge in [0.05, 0.1) is 11.9 Å². The molecule has 8 heteroatoms. The SMILES string of the molecule is Cc1cc(I)ccc1NC(=O)[C@H](C)N(c1ccc(Cl)cc1)S(C)(=O)=O. The summed E-state index contributed by atoms with van der Waals surface area (Å²) in [5, 5.41) is 3.29. The van der Waals surface area contributed by atoms with Gasteiger partial charge >= 0.3 is 0 Å². The number of benzene rings is 2. The second kappa shape index (κ2) is 7.92. The molecule has 2 rings (SSSR count). The van der Waals surface area contributed by atoms with Gasteiger partial charge in [0.15, 0.2) is 0 Å². The van der Waals surface area contributed by atoms with Gasteiger partial charge < -0.3 is 5.32 Å². The summed E-state index contributed by atoms with van der Waals surface area (Å²) in [4.78, 5) is 12.6. The monoisotopic (exact) mass is 492 g/mol. The molecule has 0 spiro atoms. The molecule has 25 heavy (non-hydrogen) atoms. The van der Waals surface area contributed by atoms with E-state index in [1.807, 2.05) is 19.1 Å². The Morgan fingerprint density at radius 3 is 2.32 bits per heavy atom. The van der Waals surface area contributed by atoms with Crippen LogP contribution in [0.2, 0.25) is 5.02 Å². The van der Waals surface area contributed by atoms with Gasteiger partial charge in [0.1, 0.15) is 6.04 Å². The van der Waals surface area contributed by atoms with Gasteiger partial charge in [-0.15, -0.1) is 0 Å². The van der Waals surface area contributed by atoms with Crippen LogP contribution in [0.1, 0.15) is 12.5 Å². The highest BCUT2D eigenvalue weighted by atomic mass is 127. The molecule has 5 nitrogen and oxygen atoms in total. The van der Waals surface area contributed by atoms with Crippen LogP contribution in [0.5, 0.6) is 0 Å². The molecule has 0 heterocycles. The lowest BCUT2D eigenvalue weighted by molar-refractivity contribution is -0.116.